The standard InChI is InChI=1S/C13H10ClN/c14-12-7-6-11(9-15)13(8-12)10-4-2-1-3-5-10/h1-5,7-8,11H,6H2. The minimum absolute atomic E-state index is 0.0742. The van der Waals surface area contributed by atoms with Crippen molar-refractivity contribution in [2.24, 2.45) is 5.92 Å². The van der Waals surface area contributed by atoms with E-state index in [-0.39, 0.29) is 5.92 Å². The molecule has 0 saturated heterocycles. The minimum Gasteiger partial charge on any atom is -0.198 e. The Kier molecular flexibility index (Phi) is 2.89. The van der Waals surface area contributed by atoms with Crippen LogP contribution in [0.5, 0.6) is 0 Å². The van der Waals surface area contributed by atoms with Crippen LogP contribution >= 0.6 is 11.6 Å². The number of halogens is 1. The lowest BCUT2D eigenvalue weighted by Crippen LogP contribution is -2.03. The average Bonchev–Trinajstić information content (AvgIpc) is 2.30. The number of hydrogen-bond donors (Lipinski definition) is 0. The lowest BCUT2D eigenvalue weighted by molar-refractivity contribution is 0.857. The van der Waals surface area contributed by atoms with E-state index in [2.05, 4.69) is 6.07 Å². The molecule has 1 aromatic rings. The van der Waals surface area contributed by atoms with Crippen molar-refractivity contribution in [3.63, 3.8) is 0 Å². The number of nitriles is 1. The van der Waals surface area contributed by atoms with Crippen molar-refractivity contribution in [2.75, 3.05) is 0 Å². The number of benzene rings is 1. The fourth-order valence-corrected chi connectivity index (χ4v) is 1.91. The molecule has 0 heterocycles. The Hall–Kier alpha value is -1.52. The molecule has 2 heteroatoms. The number of rotatable bonds is 1. The van der Waals surface area contributed by atoms with Crippen LogP contribution in [-0.2, 0) is 0 Å². The van der Waals surface area contributed by atoms with E-state index in [1.54, 1.807) is 0 Å². The lowest BCUT2D eigenvalue weighted by atomic mass is 9.88. The van der Waals surface area contributed by atoms with Crippen LogP contribution in [0, 0.1) is 17.2 Å². The first kappa shape index (κ1) is 10.0. The molecule has 0 amide bonds. The summed E-state index contributed by atoms with van der Waals surface area (Å²) in [7, 11) is 0. The predicted octanol–water partition coefficient (Wildman–Crippen LogP) is 3.74. The fraction of sp³-hybridized carbons (Fsp3) is 0.154. The molecule has 0 fully saturated rings. The van der Waals surface area contributed by atoms with Crippen molar-refractivity contribution < 1.29 is 0 Å². The second kappa shape index (κ2) is 4.33. The zero-order chi connectivity index (χ0) is 10.7. The molecule has 1 atom stereocenters. The highest BCUT2D eigenvalue weighted by atomic mass is 35.5. The van der Waals surface area contributed by atoms with Crippen molar-refractivity contribution in [3.05, 3.63) is 53.1 Å². The highest BCUT2D eigenvalue weighted by Crippen LogP contribution is 2.32. The van der Waals surface area contributed by atoms with Gasteiger partial charge in [-0.2, -0.15) is 5.26 Å². The van der Waals surface area contributed by atoms with Gasteiger partial charge in [0.25, 0.3) is 0 Å². The third-order valence-electron chi connectivity index (χ3n) is 2.48. The molecule has 0 aromatic heterocycles. The van der Waals surface area contributed by atoms with Crippen LogP contribution in [0.15, 0.2) is 47.5 Å². The van der Waals surface area contributed by atoms with Gasteiger partial charge >= 0.3 is 0 Å². The number of hydrogen-bond acceptors (Lipinski definition) is 1. The molecule has 1 aliphatic rings. The van der Waals surface area contributed by atoms with Crippen LogP contribution in [0.1, 0.15) is 12.0 Å². The van der Waals surface area contributed by atoms with Gasteiger partial charge in [-0.25, -0.2) is 0 Å². The second-order valence-electron chi connectivity index (χ2n) is 3.47. The molecule has 0 spiro atoms. The largest absolute Gasteiger partial charge is 0.198 e. The molecule has 0 aliphatic heterocycles. The molecule has 1 nitrogen and oxygen atoms in total. The maximum atomic E-state index is 9.05. The molecule has 2 rings (SSSR count). The van der Waals surface area contributed by atoms with Gasteiger partial charge in [-0.3, -0.25) is 0 Å². The zero-order valence-corrected chi connectivity index (χ0v) is 8.91. The quantitative estimate of drug-likeness (QED) is 0.700. The van der Waals surface area contributed by atoms with Crippen LogP contribution in [0.2, 0.25) is 0 Å². The Bertz CT molecular complexity index is 451. The van der Waals surface area contributed by atoms with Crippen LogP contribution in [-0.4, -0.2) is 0 Å². The highest BCUT2D eigenvalue weighted by Gasteiger charge is 2.17. The van der Waals surface area contributed by atoms with Gasteiger partial charge in [0.1, 0.15) is 0 Å². The topological polar surface area (TPSA) is 23.8 Å². The summed E-state index contributed by atoms with van der Waals surface area (Å²) in [6.45, 7) is 0. The fourth-order valence-electron chi connectivity index (χ4n) is 1.70. The second-order valence-corrected chi connectivity index (χ2v) is 3.91. The van der Waals surface area contributed by atoms with Crippen molar-refractivity contribution in [1.29, 1.82) is 5.26 Å². The summed E-state index contributed by atoms with van der Waals surface area (Å²) in [6, 6.07) is 12.2. The molecular formula is C13H10ClN. The van der Waals surface area contributed by atoms with Crippen molar-refractivity contribution in [3.8, 4) is 6.07 Å². The Balaban J connectivity index is 2.42. The van der Waals surface area contributed by atoms with E-state index >= 15 is 0 Å². The Labute approximate surface area is 94.3 Å². The van der Waals surface area contributed by atoms with Gasteiger partial charge in [-0.15, -0.1) is 0 Å². The smallest absolute Gasteiger partial charge is 0.0754 e. The third kappa shape index (κ3) is 2.11. The summed E-state index contributed by atoms with van der Waals surface area (Å²) in [6.07, 6.45) is 4.48. The summed E-state index contributed by atoms with van der Waals surface area (Å²) in [5.74, 6) is -0.0742. The van der Waals surface area contributed by atoms with Crippen LogP contribution in [0.4, 0.5) is 0 Å². The monoisotopic (exact) mass is 215 g/mol. The Morgan fingerprint density at radius 3 is 2.67 bits per heavy atom. The van der Waals surface area contributed by atoms with Gasteiger partial charge in [-0.1, -0.05) is 48.0 Å². The Morgan fingerprint density at radius 2 is 2.00 bits per heavy atom. The molecule has 0 bridgehead atoms. The first-order chi connectivity index (χ1) is 7.31. The van der Waals surface area contributed by atoms with Gasteiger partial charge in [-0.05, 0) is 23.6 Å². The SMILES string of the molecule is N#CC1CC=C(Cl)C=C1c1ccccc1. The molecule has 0 radical (unpaired) electrons. The Morgan fingerprint density at radius 1 is 1.27 bits per heavy atom. The van der Waals surface area contributed by atoms with E-state index in [1.165, 1.54) is 0 Å². The van der Waals surface area contributed by atoms with Gasteiger partial charge < -0.3 is 0 Å². The van der Waals surface area contributed by atoms with E-state index in [9.17, 15) is 0 Å². The third-order valence-corrected chi connectivity index (χ3v) is 2.74. The van der Waals surface area contributed by atoms with E-state index in [4.69, 9.17) is 16.9 Å². The van der Waals surface area contributed by atoms with E-state index < -0.39 is 0 Å². The predicted molar refractivity (Wildman–Crippen MR) is 62.1 cm³/mol. The van der Waals surface area contributed by atoms with Crippen molar-refractivity contribution in [2.45, 2.75) is 6.42 Å². The van der Waals surface area contributed by atoms with E-state index in [0.29, 0.717) is 6.42 Å². The molecule has 74 valence electrons. The van der Waals surface area contributed by atoms with E-state index in [1.807, 2.05) is 42.5 Å². The van der Waals surface area contributed by atoms with Crippen molar-refractivity contribution in [1.82, 2.24) is 0 Å². The average molecular weight is 216 g/mol. The molecule has 15 heavy (non-hydrogen) atoms. The maximum Gasteiger partial charge on any atom is 0.0754 e. The number of allylic oxidation sites excluding steroid dienone is 4. The molecule has 1 aliphatic carbocycles. The normalized spacial score (nSPS) is 20.1. The van der Waals surface area contributed by atoms with Gasteiger partial charge in [0.05, 0.1) is 12.0 Å². The summed E-state index contributed by atoms with van der Waals surface area (Å²) in [5, 5.41) is 9.77. The first-order valence-corrected chi connectivity index (χ1v) is 5.21. The van der Waals surface area contributed by atoms with Crippen molar-refractivity contribution >= 4 is 17.2 Å². The maximum absolute atomic E-state index is 9.05. The summed E-state index contributed by atoms with van der Waals surface area (Å²) in [4.78, 5) is 0. The van der Waals surface area contributed by atoms with Gasteiger partial charge in [0.15, 0.2) is 0 Å². The summed E-state index contributed by atoms with van der Waals surface area (Å²) < 4.78 is 0. The van der Waals surface area contributed by atoms with Crippen LogP contribution in [0.3, 0.4) is 0 Å². The molecule has 0 N–H and O–H groups in total. The van der Waals surface area contributed by atoms with Crippen LogP contribution < -0.4 is 0 Å². The lowest BCUT2D eigenvalue weighted by Gasteiger charge is -2.16. The van der Waals surface area contributed by atoms with Gasteiger partial charge in [0.2, 0.25) is 0 Å². The molecule has 0 saturated carbocycles. The van der Waals surface area contributed by atoms with Gasteiger partial charge in [0, 0.05) is 5.03 Å². The summed E-state index contributed by atoms with van der Waals surface area (Å²) in [5.41, 5.74) is 2.10. The zero-order valence-electron chi connectivity index (χ0n) is 8.15. The van der Waals surface area contributed by atoms with E-state index in [0.717, 1.165) is 16.2 Å². The summed E-state index contributed by atoms with van der Waals surface area (Å²) >= 11 is 5.96. The molecular weight excluding hydrogens is 206 g/mol. The molecule has 1 unspecified atom stereocenters. The molecule has 1 aromatic carbocycles. The van der Waals surface area contributed by atoms with Crippen LogP contribution in [0.25, 0.3) is 5.57 Å². The highest BCUT2D eigenvalue weighted by molar-refractivity contribution is 6.31. The number of nitrogens with zero attached hydrogens (tertiary/aromatic N) is 1. The minimum atomic E-state index is -0.0742. The first-order valence-electron chi connectivity index (χ1n) is 4.83.